The van der Waals surface area contributed by atoms with E-state index in [1.807, 2.05) is 24.3 Å². The van der Waals surface area contributed by atoms with Gasteiger partial charge in [-0.05, 0) is 17.7 Å². The fourth-order valence-electron chi connectivity index (χ4n) is 0.964. The molecule has 0 heterocycles. The standard InChI is InChI=1S/C11H12O2/c1-13-11-7-5-10(6-8-11)4-2-3-9-12/h5-8,12H,4,9H2,1H3. The lowest BCUT2D eigenvalue weighted by Gasteiger charge is -1.99. The Morgan fingerprint density at radius 1 is 1.23 bits per heavy atom. The van der Waals surface area contributed by atoms with Gasteiger partial charge in [-0.2, -0.15) is 0 Å². The number of rotatable bonds is 2. The van der Waals surface area contributed by atoms with E-state index in [2.05, 4.69) is 11.8 Å². The van der Waals surface area contributed by atoms with Crippen LogP contribution >= 0.6 is 0 Å². The predicted molar refractivity (Wildman–Crippen MR) is 51.6 cm³/mol. The molecule has 0 aliphatic rings. The minimum atomic E-state index is -0.0733. The fourth-order valence-corrected chi connectivity index (χ4v) is 0.964. The van der Waals surface area contributed by atoms with Gasteiger partial charge in [-0.25, -0.2) is 0 Å². The Morgan fingerprint density at radius 3 is 2.46 bits per heavy atom. The lowest BCUT2D eigenvalue weighted by Crippen LogP contribution is -1.85. The zero-order chi connectivity index (χ0) is 9.52. The molecule has 0 fully saturated rings. The van der Waals surface area contributed by atoms with Gasteiger partial charge in [-0.15, -0.1) is 0 Å². The number of hydrogen-bond donors (Lipinski definition) is 1. The zero-order valence-electron chi connectivity index (χ0n) is 7.58. The van der Waals surface area contributed by atoms with Crippen LogP contribution in [0.1, 0.15) is 5.56 Å². The normalized spacial score (nSPS) is 8.77. The minimum Gasteiger partial charge on any atom is -0.497 e. The smallest absolute Gasteiger partial charge is 0.118 e. The highest BCUT2D eigenvalue weighted by molar-refractivity contribution is 5.29. The highest BCUT2D eigenvalue weighted by Gasteiger charge is 1.90. The first-order valence-corrected chi connectivity index (χ1v) is 4.06. The number of methoxy groups -OCH3 is 1. The molecule has 0 aliphatic carbocycles. The zero-order valence-corrected chi connectivity index (χ0v) is 7.58. The van der Waals surface area contributed by atoms with Gasteiger partial charge in [-0.3, -0.25) is 0 Å². The lowest BCUT2D eigenvalue weighted by molar-refractivity contribution is 0.350. The fraction of sp³-hybridized carbons (Fsp3) is 0.273. The van der Waals surface area contributed by atoms with E-state index in [1.165, 1.54) is 0 Å². The van der Waals surface area contributed by atoms with Gasteiger partial charge >= 0.3 is 0 Å². The van der Waals surface area contributed by atoms with Gasteiger partial charge in [0.2, 0.25) is 0 Å². The van der Waals surface area contributed by atoms with E-state index >= 15 is 0 Å². The Hall–Kier alpha value is -1.46. The molecule has 0 amide bonds. The molecule has 0 saturated heterocycles. The monoisotopic (exact) mass is 176 g/mol. The SMILES string of the molecule is COc1ccc(CC#CCO)cc1. The molecular formula is C11H12O2. The molecule has 0 atom stereocenters. The van der Waals surface area contributed by atoms with Crippen LogP contribution in [-0.4, -0.2) is 18.8 Å². The molecule has 1 N–H and O–H groups in total. The van der Waals surface area contributed by atoms with Crippen LogP contribution in [0, 0.1) is 11.8 Å². The van der Waals surface area contributed by atoms with E-state index in [0.717, 1.165) is 11.3 Å². The highest BCUT2D eigenvalue weighted by Crippen LogP contribution is 2.11. The summed E-state index contributed by atoms with van der Waals surface area (Å²) < 4.78 is 5.02. The average molecular weight is 176 g/mol. The van der Waals surface area contributed by atoms with Gasteiger partial charge in [0, 0.05) is 6.42 Å². The van der Waals surface area contributed by atoms with Gasteiger partial charge in [0.05, 0.1) is 7.11 Å². The van der Waals surface area contributed by atoms with Gasteiger partial charge in [0.15, 0.2) is 0 Å². The third-order valence-electron chi connectivity index (χ3n) is 1.66. The summed E-state index contributed by atoms with van der Waals surface area (Å²) in [5.74, 6) is 6.29. The molecule has 1 aromatic carbocycles. The number of hydrogen-bond acceptors (Lipinski definition) is 2. The van der Waals surface area contributed by atoms with E-state index in [9.17, 15) is 0 Å². The first kappa shape index (κ1) is 9.63. The number of ether oxygens (including phenoxy) is 1. The quantitative estimate of drug-likeness (QED) is 0.687. The molecule has 0 radical (unpaired) electrons. The molecule has 68 valence electrons. The largest absolute Gasteiger partial charge is 0.497 e. The van der Waals surface area contributed by atoms with E-state index in [-0.39, 0.29) is 6.61 Å². The van der Waals surface area contributed by atoms with E-state index in [1.54, 1.807) is 7.11 Å². The minimum absolute atomic E-state index is 0.0733. The second-order valence-corrected chi connectivity index (χ2v) is 2.54. The van der Waals surface area contributed by atoms with E-state index in [0.29, 0.717) is 6.42 Å². The van der Waals surface area contributed by atoms with Crippen LogP contribution in [-0.2, 0) is 6.42 Å². The molecule has 0 spiro atoms. The van der Waals surface area contributed by atoms with Crippen molar-refractivity contribution in [3.63, 3.8) is 0 Å². The summed E-state index contributed by atoms with van der Waals surface area (Å²) >= 11 is 0. The van der Waals surface area contributed by atoms with Gasteiger partial charge in [0.1, 0.15) is 12.4 Å². The van der Waals surface area contributed by atoms with Crippen LogP contribution in [0.3, 0.4) is 0 Å². The third-order valence-corrected chi connectivity index (χ3v) is 1.66. The molecule has 0 aromatic heterocycles. The Balaban J connectivity index is 2.59. The molecule has 1 aromatic rings. The topological polar surface area (TPSA) is 29.5 Å². The molecule has 0 saturated carbocycles. The Morgan fingerprint density at radius 2 is 1.92 bits per heavy atom. The van der Waals surface area contributed by atoms with E-state index < -0.39 is 0 Å². The van der Waals surface area contributed by atoms with Crippen molar-refractivity contribution in [2.24, 2.45) is 0 Å². The lowest BCUT2D eigenvalue weighted by atomic mass is 10.1. The van der Waals surface area contributed by atoms with Crippen molar-refractivity contribution >= 4 is 0 Å². The molecule has 1 rings (SSSR count). The van der Waals surface area contributed by atoms with Crippen LogP contribution in [0.4, 0.5) is 0 Å². The maximum Gasteiger partial charge on any atom is 0.118 e. The number of aliphatic hydroxyl groups excluding tert-OH is 1. The maximum atomic E-state index is 8.43. The van der Waals surface area contributed by atoms with Crippen molar-refractivity contribution in [2.75, 3.05) is 13.7 Å². The highest BCUT2D eigenvalue weighted by atomic mass is 16.5. The summed E-state index contributed by atoms with van der Waals surface area (Å²) in [6.45, 7) is -0.0733. The third kappa shape index (κ3) is 3.18. The predicted octanol–water partition coefficient (Wildman–Crippen LogP) is 1.23. The molecule has 0 bridgehead atoms. The second kappa shape index (κ2) is 5.23. The molecule has 0 unspecified atom stereocenters. The molecule has 2 heteroatoms. The van der Waals surface area contributed by atoms with Crippen LogP contribution in [0.25, 0.3) is 0 Å². The number of benzene rings is 1. The van der Waals surface area contributed by atoms with Crippen LogP contribution in [0.2, 0.25) is 0 Å². The van der Waals surface area contributed by atoms with Crippen LogP contribution in [0.5, 0.6) is 5.75 Å². The molecule has 2 nitrogen and oxygen atoms in total. The Labute approximate surface area is 78.2 Å². The van der Waals surface area contributed by atoms with Crippen LogP contribution < -0.4 is 4.74 Å². The van der Waals surface area contributed by atoms with Crippen molar-refractivity contribution in [2.45, 2.75) is 6.42 Å². The van der Waals surface area contributed by atoms with Gasteiger partial charge < -0.3 is 9.84 Å². The summed E-state index contributed by atoms with van der Waals surface area (Å²) in [5.41, 5.74) is 1.13. The van der Waals surface area contributed by atoms with Gasteiger partial charge in [-0.1, -0.05) is 24.0 Å². The number of aliphatic hydroxyl groups is 1. The van der Waals surface area contributed by atoms with Crippen molar-refractivity contribution in [3.8, 4) is 17.6 Å². The molecule has 13 heavy (non-hydrogen) atoms. The molecule has 0 aliphatic heterocycles. The maximum absolute atomic E-state index is 8.43. The van der Waals surface area contributed by atoms with Crippen LogP contribution in [0.15, 0.2) is 24.3 Å². The van der Waals surface area contributed by atoms with Crippen molar-refractivity contribution in [3.05, 3.63) is 29.8 Å². The summed E-state index contributed by atoms with van der Waals surface area (Å²) in [4.78, 5) is 0. The second-order valence-electron chi connectivity index (χ2n) is 2.54. The summed E-state index contributed by atoms with van der Waals surface area (Å²) in [6.07, 6.45) is 0.671. The first-order valence-electron chi connectivity index (χ1n) is 4.06. The Kier molecular flexibility index (Phi) is 3.87. The van der Waals surface area contributed by atoms with E-state index in [4.69, 9.17) is 9.84 Å². The summed E-state index contributed by atoms with van der Waals surface area (Å²) in [7, 11) is 1.64. The first-order chi connectivity index (χ1) is 6.36. The van der Waals surface area contributed by atoms with Crippen molar-refractivity contribution < 1.29 is 9.84 Å². The van der Waals surface area contributed by atoms with Crippen molar-refractivity contribution in [1.29, 1.82) is 0 Å². The molecular weight excluding hydrogens is 164 g/mol. The summed E-state index contributed by atoms with van der Waals surface area (Å²) in [6, 6.07) is 7.72. The average Bonchev–Trinajstić information content (AvgIpc) is 2.19. The summed E-state index contributed by atoms with van der Waals surface area (Å²) in [5, 5.41) is 8.43. The van der Waals surface area contributed by atoms with Crippen molar-refractivity contribution in [1.82, 2.24) is 0 Å². The Bertz CT molecular complexity index is 303. The van der Waals surface area contributed by atoms with Gasteiger partial charge in [0.25, 0.3) is 0 Å².